The summed E-state index contributed by atoms with van der Waals surface area (Å²) in [4.78, 5) is 2.40. The minimum absolute atomic E-state index is 0. The molecule has 21 heavy (non-hydrogen) atoms. The Kier molecular flexibility index (Phi) is 5.92. The van der Waals surface area contributed by atoms with Crippen LogP contribution in [0.25, 0.3) is 0 Å². The summed E-state index contributed by atoms with van der Waals surface area (Å²) in [6.07, 6.45) is 0.915. The molecule has 0 aromatic carbocycles. The number of nitrogens with one attached hydrogen (secondary N) is 1. The fraction of sp³-hybridized carbons (Fsp3) is 0.667. The van der Waals surface area contributed by atoms with Crippen molar-refractivity contribution in [1.82, 2.24) is 14.5 Å². The molecule has 120 valence electrons. The van der Waals surface area contributed by atoms with E-state index in [2.05, 4.69) is 10.2 Å². The quantitative estimate of drug-likeness (QED) is 0.874. The van der Waals surface area contributed by atoms with Gasteiger partial charge in [0, 0.05) is 45.3 Å². The molecule has 0 aliphatic carbocycles. The van der Waals surface area contributed by atoms with Crippen molar-refractivity contribution in [3.05, 3.63) is 16.5 Å². The zero-order valence-electron chi connectivity index (χ0n) is 11.5. The van der Waals surface area contributed by atoms with Crippen molar-refractivity contribution in [1.29, 1.82) is 0 Å². The van der Waals surface area contributed by atoms with E-state index in [0.717, 1.165) is 43.9 Å². The van der Waals surface area contributed by atoms with Crippen LogP contribution in [-0.2, 0) is 10.0 Å². The monoisotopic (exact) mass is 371 g/mol. The van der Waals surface area contributed by atoms with Gasteiger partial charge < -0.3 is 5.32 Å². The molecule has 9 heteroatoms. The normalized spacial score (nSPS) is 24.9. The maximum absolute atomic E-state index is 12.5. The number of hydrogen-bond donors (Lipinski definition) is 1. The predicted octanol–water partition coefficient (Wildman–Crippen LogP) is 1.49. The second-order valence-electron chi connectivity index (χ2n) is 5.15. The molecule has 1 atom stereocenters. The number of sulfonamides is 1. The first-order valence-electron chi connectivity index (χ1n) is 6.77. The van der Waals surface area contributed by atoms with Gasteiger partial charge in [-0.25, -0.2) is 8.42 Å². The minimum atomic E-state index is -3.36. The molecule has 0 saturated carbocycles. The molecule has 3 rings (SSSR count). The lowest BCUT2D eigenvalue weighted by molar-refractivity contribution is 0.179. The van der Waals surface area contributed by atoms with Crippen LogP contribution in [0.3, 0.4) is 0 Å². The zero-order chi connectivity index (χ0) is 14.2. The van der Waals surface area contributed by atoms with E-state index in [1.54, 1.807) is 16.4 Å². The molecule has 2 aliphatic rings. The molecule has 0 spiro atoms. The van der Waals surface area contributed by atoms with Gasteiger partial charge in [-0.2, -0.15) is 4.31 Å². The Balaban J connectivity index is 0.00000161. The molecular weight excluding hydrogens is 353 g/mol. The Bertz CT molecular complexity index is 573. The summed E-state index contributed by atoms with van der Waals surface area (Å²) < 4.78 is 27.5. The molecule has 0 radical (unpaired) electrons. The predicted molar refractivity (Wildman–Crippen MR) is 88.2 cm³/mol. The average Bonchev–Trinajstić information content (AvgIpc) is 3.09. The van der Waals surface area contributed by atoms with E-state index in [-0.39, 0.29) is 12.4 Å². The van der Waals surface area contributed by atoms with Gasteiger partial charge in [-0.3, -0.25) is 4.90 Å². The summed E-state index contributed by atoms with van der Waals surface area (Å²) in [6, 6.07) is 3.59. The van der Waals surface area contributed by atoms with Gasteiger partial charge in [0.15, 0.2) is 0 Å². The van der Waals surface area contributed by atoms with E-state index < -0.39 is 10.0 Å². The zero-order valence-corrected chi connectivity index (χ0v) is 14.7. The summed E-state index contributed by atoms with van der Waals surface area (Å²) in [5, 5.41) is 3.32. The Hall–Kier alpha value is 0.110. The topological polar surface area (TPSA) is 52.7 Å². The van der Waals surface area contributed by atoms with Crippen molar-refractivity contribution < 1.29 is 8.42 Å². The maximum Gasteiger partial charge on any atom is 0.252 e. The number of halogens is 2. The van der Waals surface area contributed by atoms with Crippen LogP contribution in [0, 0.1) is 0 Å². The van der Waals surface area contributed by atoms with Gasteiger partial charge in [0.2, 0.25) is 0 Å². The van der Waals surface area contributed by atoms with Crippen LogP contribution >= 0.6 is 35.3 Å². The van der Waals surface area contributed by atoms with Crippen molar-refractivity contribution in [3.63, 3.8) is 0 Å². The van der Waals surface area contributed by atoms with E-state index in [1.807, 2.05) is 0 Å². The van der Waals surface area contributed by atoms with Crippen molar-refractivity contribution in [2.45, 2.75) is 16.7 Å². The number of hydrogen-bond acceptors (Lipinski definition) is 5. The van der Waals surface area contributed by atoms with Crippen LogP contribution in [0.1, 0.15) is 6.42 Å². The first-order chi connectivity index (χ1) is 9.57. The Morgan fingerprint density at radius 3 is 2.57 bits per heavy atom. The third-order valence-electron chi connectivity index (χ3n) is 3.94. The lowest BCUT2D eigenvalue weighted by Crippen LogP contribution is -2.49. The second kappa shape index (κ2) is 7.12. The number of thiophene rings is 1. The van der Waals surface area contributed by atoms with Crippen molar-refractivity contribution in [2.75, 3.05) is 39.3 Å². The summed E-state index contributed by atoms with van der Waals surface area (Å²) in [5.41, 5.74) is 0. The first kappa shape index (κ1) is 17.5. The van der Waals surface area contributed by atoms with Crippen molar-refractivity contribution in [2.24, 2.45) is 0 Å². The Labute approximate surface area is 140 Å². The highest BCUT2D eigenvalue weighted by atomic mass is 35.5. The second-order valence-corrected chi connectivity index (χ2v) is 9.03. The third kappa shape index (κ3) is 3.72. The third-order valence-corrected chi connectivity index (χ3v) is 7.50. The molecular formula is C12H19Cl2N3O2S2. The fourth-order valence-corrected chi connectivity index (χ4v) is 5.97. The molecule has 2 fully saturated rings. The van der Waals surface area contributed by atoms with E-state index in [4.69, 9.17) is 11.6 Å². The molecule has 0 bridgehead atoms. The van der Waals surface area contributed by atoms with Crippen LogP contribution < -0.4 is 5.32 Å². The molecule has 1 aromatic heterocycles. The summed E-state index contributed by atoms with van der Waals surface area (Å²) in [7, 11) is -3.36. The van der Waals surface area contributed by atoms with Gasteiger partial charge in [-0.05, 0) is 18.6 Å². The van der Waals surface area contributed by atoms with E-state index in [9.17, 15) is 8.42 Å². The van der Waals surface area contributed by atoms with Gasteiger partial charge in [0.1, 0.15) is 4.21 Å². The van der Waals surface area contributed by atoms with Gasteiger partial charge in [-0.1, -0.05) is 11.6 Å². The van der Waals surface area contributed by atoms with Gasteiger partial charge in [-0.15, -0.1) is 23.7 Å². The number of rotatable bonds is 3. The van der Waals surface area contributed by atoms with Crippen LogP contribution in [0.2, 0.25) is 4.34 Å². The highest BCUT2D eigenvalue weighted by Crippen LogP contribution is 2.30. The highest BCUT2D eigenvalue weighted by molar-refractivity contribution is 7.91. The maximum atomic E-state index is 12.5. The molecule has 0 amide bonds. The summed E-state index contributed by atoms with van der Waals surface area (Å²) in [5.74, 6) is 0. The molecule has 1 unspecified atom stereocenters. The minimum Gasteiger partial charge on any atom is -0.314 e. The lowest BCUT2D eigenvalue weighted by atomic mass is 10.2. The van der Waals surface area contributed by atoms with Gasteiger partial charge >= 0.3 is 0 Å². The van der Waals surface area contributed by atoms with Gasteiger partial charge in [0.25, 0.3) is 10.0 Å². The van der Waals surface area contributed by atoms with E-state index in [0.29, 0.717) is 27.7 Å². The molecule has 1 aromatic rings. The summed E-state index contributed by atoms with van der Waals surface area (Å²) in [6.45, 7) is 5.19. The number of nitrogens with zero attached hydrogens (tertiary/aromatic N) is 2. The van der Waals surface area contributed by atoms with E-state index >= 15 is 0 Å². The molecule has 3 heterocycles. The van der Waals surface area contributed by atoms with Crippen LogP contribution in [-0.4, -0.2) is 62.9 Å². The molecule has 2 saturated heterocycles. The fourth-order valence-electron chi connectivity index (χ4n) is 2.84. The van der Waals surface area contributed by atoms with Crippen LogP contribution in [0.4, 0.5) is 0 Å². The van der Waals surface area contributed by atoms with Crippen molar-refractivity contribution in [3.8, 4) is 0 Å². The summed E-state index contributed by atoms with van der Waals surface area (Å²) >= 11 is 6.97. The number of piperazine rings is 1. The molecule has 5 nitrogen and oxygen atoms in total. The molecule has 1 N–H and O–H groups in total. The Morgan fingerprint density at radius 2 is 1.95 bits per heavy atom. The van der Waals surface area contributed by atoms with E-state index in [1.165, 1.54) is 0 Å². The van der Waals surface area contributed by atoms with Crippen LogP contribution in [0.5, 0.6) is 0 Å². The smallest absolute Gasteiger partial charge is 0.252 e. The molecule has 2 aliphatic heterocycles. The van der Waals surface area contributed by atoms with Gasteiger partial charge in [0.05, 0.1) is 4.34 Å². The van der Waals surface area contributed by atoms with Crippen LogP contribution in [0.15, 0.2) is 16.3 Å². The lowest BCUT2D eigenvalue weighted by Gasteiger charge is -2.32. The standard InChI is InChI=1S/C12H18ClN3O2S2.ClH/c13-11-1-2-12(19-11)20(17,18)16-6-3-10(9-16)15-7-4-14-5-8-15;/h1-2,10,14H,3-9H2;1H. The Morgan fingerprint density at radius 1 is 1.24 bits per heavy atom. The van der Waals surface area contributed by atoms with Crippen molar-refractivity contribution >= 4 is 45.4 Å². The largest absolute Gasteiger partial charge is 0.314 e. The first-order valence-corrected chi connectivity index (χ1v) is 9.41. The average molecular weight is 372 g/mol. The SMILES string of the molecule is Cl.O=S(=O)(c1ccc(Cl)s1)N1CCC(N2CCNCC2)C1. The highest BCUT2D eigenvalue weighted by Gasteiger charge is 2.36.